The summed E-state index contributed by atoms with van der Waals surface area (Å²) in [5.74, 6) is 2.07. The molecule has 1 rings (SSSR count). The SMILES string of the molecule is CCCC[n+]1ccn(CC)c1C(C)C. The molecule has 1 aromatic heterocycles. The van der Waals surface area contributed by atoms with E-state index in [1.807, 2.05) is 0 Å². The fraction of sp³-hybridized carbons (Fsp3) is 0.750. The second kappa shape index (κ2) is 5.18. The number of aromatic nitrogens is 2. The van der Waals surface area contributed by atoms with Gasteiger partial charge in [0.05, 0.1) is 19.0 Å². The fourth-order valence-electron chi connectivity index (χ4n) is 1.93. The van der Waals surface area contributed by atoms with E-state index in [1.54, 1.807) is 0 Å². The van der Waals surface area contributed by atoms with Crippen molar-refractivity contribution in [2.24, 2.45) is 0 Å². The summed E-state index contributed by atoms with van der Waals surface area (Å²) < 4.78 is 4.75. The summed E-state index contributed by atoms with van der Waals surface area (Å²) in [5, 5.41) is 0. The van der Waals surface area contributed by atoms with Crippen LogP contribution in [0.4, 0.5) is 0 Å². The zero-order valence-electron chi connectivity index (χ0n) is 9.95. The van der Waals surface area contributed by atoms with E-state index in [0.29, 0.717) is 5.92 Å². The minimum atomic E-state index is 0.613. The molecule has 0 amide bonds. The summed E-state index contributed by atoms with van der Waals surface area (Å²) in [6.07, 6.45) is 6.96. The molecule has 0 spiro atoms. The monoisotopic (exact) mass is 195 g/mol. The van der Waals surface area contributed by atoms with Crippen LogP contribution in [0.5, 0.6) is 0 Å². The van der Waals surface area contributed by atoms with E-state index in [0.717, 1.165) is 13.1 Å². The second-order valence-corrected chi connectivity index (χ2v) is 4.14. The highest BCUT2D eigenvalue weighted by Gasteiger charge is 2.18. The molecule has 0 aromatic carbocycles. The average molecular weight is 195 g/mol. The number of rotatable bonds is 5. The molecular formula is C12H23N2+. The first-order valence-electron chi connectivity index (χ1n) is 5.79. The highest BCUT2D eigenvalue weighted by Crippen LogP contribution is 2.10. The molecule has 1 heterocycles. The topological polar surface area (TPSA) is 8.81 Å². The number of imidazole rings is 1. The quantitative estimate of drug-likeness (QED) is 0.639. The molecule has 1 aromatic rings. The van der Waals surface area contributed by atoms with Crippen molar-refractivity contribution >= 4 is 0 Å². The standard InChI is InChI=1S/C12H23N2/c1-5-7-8-14-10-9-13(6-2)12(14)11(3)4/h9-11H,5-8H2,1-4H3/q+1. The smallest absolute Gasteiger partial charge is 0.234 e. The largest absolute Gasteiger partial charge is 0.258 e. The van der Waals surface area contributed by atoms with Gasteiger partial charge in [0, 0.05) is 0 Å². The van der Waals surface area contributed by atoms with Crippen LogP contribution >= 0.6 is 0 Å². The van der Waals surface area contributed by atoms with Crippen molar-refractivity contribution in [2.75, 3.05) is 0 Å². The van der Waals surface area contributed by atoms with Gasteiger partial charge < -0.3 is 0 Å². The van der Waals surface area contributed by atoms with Crippen LogP contribution in [-0.4, -0.2) is 4.57 Å². The van der Waals surface area contributed by atoms with Crippen LogP contribution in [0, 0.1) is 0 Å². The van der Waals surface area contributed by atoms with Gasteiger partial charge in [-0.15, -0.1) is 0 Å². The molecule has 80 valence electrons. The zero-order chi connectivity index (χ0) is 10.6. The van der Waals surface area contributed by atoms with Gasteiger partial charge in [0.1, 0.15) is 12.4 Å². The lowest BCUT2D eigenvalue weighted by Crippen LogP contribution is -2.37. The molecule has 0 aliphatic carbocycles. The maximum Gasteiger partial charge on any atom is 0.258 e. The Balaban J connectivity index is 2.87. The Kier molecular flexibility index (Phi) is 4.18. The Bertz CT molecular complexity index is 274. The van der Waals surface area contributed by atoms with Crippen molar-refractivity contribution in [3.8, 4) is 0 Å². The summed E-state index contributed by atoms with van der Waals surface area (Å²) in [7, 11) is 0. The number of unbranched alkanes of at least 4 members (excludes halogenated alkanes) is 1. The lowest BCUT2D eigenvalue weighted by atomic mass is 10.2. The first-order chi connectivity index (χ1) is 6.70. The minimum Gasteiger partial charge on any atom is -0.234 e. The van der Waals surface area contributed by atoms with Gasteiger partial charge in [0.15, 0.2) is 0 Å². The molecule has 0 radical (unpaired) electrons. The third-order valence-electron chi connectivity index (χ3n) is 2.62. The molecule has 2 heteroatoms. The third-order valence-corrected chi connectivity index (χ3v) is 2.62. The van der Waals surface area contributed by atoms with E-state index in [1.165, 1.54) is 18.7 Å². The summed E-state index contributed by atoms with van der Waals surface area (Å²) >= 11 is 0. The molecule has 0 atom stereocenters. The Hall–Kier alpha value is -0.790. The van der Waals surface area contributed by atoms with Gasteiger partial charge >= 0.3 is 0 Å². The van der Waals surface area contributed by atoms with Crippen molar-refractivity contribution in [3.05, 3.63) is 18.2 Å². The predicted molar refractivity (Wildman–Crippen MR) is 59.3 cm³/mol. The predicted octanol–water partition coefficient (Wildman–Crippen LogP) is 2.72. The van der Waals surface area contributed by atoms with E-state index in [2.05, 4.69) is 49.2 Å². The molecule has 14 heavy (non-hydrogen) atoms. The molecule has 0 aliphatic heterocycles. The fourth-order valence-corrected chi connectivity index (χ4v) is 1.93. The Morgan fingerprint density at radius 3 is 2.57 bits per heavy atom. The van der Waals surface area contributed by atoms with E-state index < -0.39 is 0 Å². The first-order valence-corrected chi connectivity index (χ1v) is 5.79. The molecule has 0 N–H and O–H groups in total. The Morgan fingerprint density at radius 1 is 1.36 bits per heavy atom. The number of nitrogens with zero attached hydrogens (tertiary/aromatic N) is 2. The van der Waals surface area contributed by atoms with Gasteiger partial charge in [0.25, 0.3) is 5.82 Å². The summed E-state index contributed by atoms with van der Waals surface area (Å²) in [6.45, 7) is 11.2. The molecule has 2 nitrogen and oxygen atoms in total. The zero-order valence-corrected chi connectivity index (χ0v) is 9.95. The number of aryl methyl sites for hydroxylation is 2. The van der Waals surface area contributed by atoms with Crippen LogP contribution in [0.15, 0.2) is 12.4 Å². The maximum atomic E-state index is 2.40. The van der Waals surface area contributed by atoms with Crippen LogP contribution in [-0.2, 0) is 13.1 Å². The molecule has 0 saturated carbocycles. The van der Waals surface area contributed by atoms with E-state index in [-0.39, 0.29) is 0 Å². The van der Waals surface area contributed by atoms with E-state index in [4.69, 9.17) is 0 Å². The van der Waals surface area contributed by atoms with Crippen molar-refractivity contribution in [3.63, 3.8) is 0 Å². The summed E-state index contributed by atoms with van der Waals surface area (Å²) in [6, 6.07) is 0. The van der Waals surface area contributed by atoms with Gasteiger partial charge in [-0.2, -0.15) is 0 Å². The molecule has 0 aliphatic rings. The van der Waals surface area contributed by atoms with Gasteiger partial charge in [-0.3, -0.25) is 0 Å². The van der Waals surface area contributed by atoms with Crippen LogP contribution in [0.3, 0.4) is 0 Å². The van der Waals surface area contributed by atoms with Crippen molar-refractivity contribution in [2.45, 2.75) is 59.5 Å². The third kappa shape index (κ3) is 2.37. The van der Waals surface area contributed by atoms with Gasteiger partial charge in [-0.05, 0) is 13.3 Å². The van der Waals surface area contributed by atoms with Gasteiger partial charge in [-0.1, -0.05) is 27.2 Å². The van der Waals surface area contributed by atoms with Crippen molar-refractivity contribution < 1.29 is 4.57 Å². The summed E-state index contributed by atoms with van der Waals surface area (Å²) in [4.78, 5) is 0. The van der Waals surface area contributed by atoms with E-state index >= 15 is 0 Å². The van der Waals surface area contributed by atoms with Crippen molar-refractivity contribution in [1.29, 1.82) is 0 Å². The second-order valence-electron chi connectivity index (χ2n) is 4.14. The number of hydrogen-bond acceptors (Lipinski definition) is 0. The van der Waals surface area contributed by atoms with Gasteiger partial charge in [0.2, 0.25) is 0 Å². The minimum absolute atomic E-state index is 0.613. The maximum absolute atomic E-state index is 2.40. The highest BCUT2D eigenvalue weighted by molar-refractivity contribution is 4.89. The lowest BCUT2D eigenvalue weighted by Gasteiger charge is -2.05. The molecule has 0 saturated heterocycles. The first kappa shape index (κ1) is 11.3. The van der Waals surface area contributed by atoms with Crippen LogP contribution in [0.1, 0.15) is 52.3 Å². The Labute approximate surface area is 87.6 Å². The van der Waals surface area contributed by atoms with E-state index in [9.17, 15) is 0 Å². The van der Waals surface area contributed by atoms with Crippen LogP contribution in [0.25, 0.3) is 0 Å². The normalized spacial score (nSPS) is 11.2. The average Bonchev–Trinajstić information content (AvgIpc) is 2.57. The lowest BCUT2D eigenvalue weighted by molar-refractivity contribution is -0.705. The molecule has 0 bridgehead atoms. The molecular weight excluding hydrogens is 172 g/mol. The summed E-state index contributed by atoms with van der Waals surface area (Å²) in [5.41, 5.74) is 0. The Morgan fingerprint density at radius 2 is 2.07 bits per heavy atom. The highest BCUT2D eigenvalue weighted by atomic mass is 15.1. The molecule has 0 fully saturated rings. The van der Waals surface area contributed by atoms with Gasteiger partial charge in [-0.25, -0.2) is 9.13 Å². The van der Waals surface area contributed by atoms with Crippen molar-refractivity contribution in [1.82, 2.24) is 4.57 Å². The van der Waals surface area contributed by atoms with Crippen LogP contribution < -0.4 is 4.57 Å². The number of hydrogen-bond donors (Lipinski definition) is 0. The van der Waals surface area contributed by atoms with Crippen LogP contribution in [0.2, 0.25) is 0 Å². The molecule has 0 unspecified atom stereocenters.